The van der Waals surface area contributed by atoms with E-state index < -0.39 is 0 Å². The summed E-state index contributed by atoms with van der Waals surface area (Å²) in [5.74, 6) is 0.664. The molecule has 0 saturated heterocycles. The predicted octanol–water partition coefficient (Wildman–Crippen LogP) is 4.65. The number of halogens is 2. The van der Waals surface area contributed by atoms with Gasteiger partial charge < -0.3 is 4.74 Å². The van der Waals surface area contributed by atoms with Gasteiger partial charge >= 0.3 is 0 Å². The Kier molecular flexibility index (Phi) is 6.64. The Labute approximate surface area is 151 Å². The average molecular weight is 365 g/mol. The number of amides is 1. The third-order valence-corrected chi connectivity index (χ3v) is 3.82. The summed E-state index contributed by atoms with van der Waals surface area (Å²) in [5.41, 5.74) is 4.12. The molecule has 0 aromatic heterocycles. The van der Waals surface area contributed by atoms with E-state index in [1.54, 1.807) is 18.2 Å². The van der Waals surface area contributed by atoms with Crippen LogP contribution >= 0.6 is 23.2 Å². The lowest BCUT2D eigenvalue weighted by Crippen LogP contribution is -2.24. The van der Waals surface area contributed by atoms with Crippen molar-refractivity contribution in [3.05, 3.63) is 63.6 Å². The van der Waals surface area contributed by atoms with Crippen LogP contribution in [-0.2, 0) is 4.79 Å². The molecule has 0 spiro atoms. The van der Waals surface area contributed by atoms with Crippen LogP contribution in [0, 0.1) is 0 Å². The summed E-state index contributed by atoms with van der Waals surface area (Å²) in [5, 5.41) is 4.87. The van der Waals surface area contributed by atoms with Crippen molar-refractivity contribution in [2.24, 2.45) is 5.10 Å². The van der Waals surface area contributed by atoms with Crippen molar-refractivity contribution in [1.29, 1.82) is 0 Å². The second-order valence-electron chi connectivity index (χ2n) is 5.44. The van der Waals surface area contributed by atoms with E-state index >= 15 is 0 Å². The zero-order chi connectivity index (χ0) is 17.5. The third kappa shape index (κ3) is 5.25. The van der Waals surface area contributed by atoms with Crippen LogP contribution in [0.25, 0.3) is 0 Å². The molecule has 2 aromatic carbocycles. The second kappa shape index (κ2) is 8.71. The lowest BCUT2D eigenvalue weighted by molar-refractivity contribution is -0.123. The molecule has 126 valence electrons. The molecule has 0 aliphatic rings. The van der Waals surface area contributed by atoms with Crippen molar-refractivity contribution in [1.82, 2.24) is 5.43 Å². The van der Waals surface area contributed by atoms with Gasteiger partial charge in [0.15, 0.2) is 6.61 Å². The van der Waals surface area contributed by atoms with Gasteiger partial charge in [0.2, 0.25) is 0 Å². The summed E-state index contributed by atoms with van der Waals surface area (Å²) in [7, 11) is 0. The number of benzene rings is 2. The first kappa shape index (κ1) is 18.3. The highest BCUT2D eigenvalue weighted by atomic mass is 35.5. The molecule has 4 nitrogen and oxygen atoms in total. The zero-order valence-electron chi connectivity index (χ0n) is 13.4. The Morgan fingerprint density at radius 2 is 2.00 bits per heavy atom. The van der Waals surface area contributed by atoms with E-state index in [9.17, 15) is 4.79 Å². The summed E-state index contributed by atoms with van der Waals surface area (Å²) < 4.78 is 5.57. The average Bonchev–Trinajstić information content (AvgIpc) is 2.55. The topological polar surface area (TPSA) is 50.7 Å². The van der Waals surface area contributed by atoms with E-state index in [1.165, 1.54) is 6.21 Å². The van der Waals surface area contributed by atoms with Crippen LogP contribution in [0.5, 0.6) is 5.75 Å². The molecule has 0 aliphatic heterocycles. The Balaban J connectivity index is 1.89. The number of hydrogen-bond acceptors (Lipinski definition) is 3. The third-order valence-electron chi connectivity index (χ3n) is 3.26. The fraction of sp³-hybridized carbons (Fsp3) is 0.222. The second-order valence-corrected chi connectivity index (χ2v) is 6.28. The van der Waals surface area contributed by atoms with Crippen molar-refractivity contribution in [3.8, 4) is 5.75 Å². The van der Waals surface area contributed by atoms with Crippen molar-refractivity contribution in [2.45, 2.75) is 19.8 Å². The Morgan fingerprint density at radius 3 is 2.71 bits per heavy atom. The lowest BCUT2D eigenvalue weighted by atomic mass is 10.0. The van der Waals surface area contributed by atoms with Crippen LogP contribution in [0.2, 0.25) is 10.0 Å². The summed E-state index contributed by atoms with van der Waals surface area (Å²) >= 11 is 11.8. The van der Waals surface area contributed by atoms with Crippen molar-refractivity contribution < 1.29 is 9.53 Å². The van der Waals surface area contributed by atoms with Gasteiger partial charge in [0.25, 0.3) is 5.91 Å². The number of para-hydroxylation sites is 1. The minimum atomic E-state index is -0.352. The number of nitrogens with zero attached hydrogens (tertiary/aromatic N) is 1. The van der Waals surface area contributed by atoms with E-state index in [0.29, 0.717) is 27.3 Å². The van der Waals surface area contributed by atoms with Gasteiger partial charge in [-0.1, -0.05) is 61.3 Å². The number of rotatable bonds is 6. The highest BCUT2D eigenvalue weighted by molar-refractivity contribution is 6.36. The van der Waals surface area contributed by atoms with Crippen LogP contribution in [0.15, 0.2) is 47.6 Å². The largest absolute Gasteiger partial charge is 0.483 e. The molecule has 0 aliphatic carbocycles. The first-order valence-corrected chi connectivity index (χ1v) is 8.21. The van der Waals surface area contributed by atoms with Crippen molar-refractivity contribution >= 4 is 35.3 Å². The molecule has 0 radical (unpaired) electrons. The SMILES string of the molecule is CC(C)c1ccccc1OCC(=O)N/N=C/c1ccc(Cl)cc1Cl. The molecule has 24 heavy (non-hydrogen) atoms. The predicted molar refractivity (Wildman–Crippen MR) is 98.2 cm³/mol. The van der Waals surface area contributed by atoms with Gasteiger partial charge in [0.1, 0.15) is 5.75 Å². The van der Waals surface area contributed by atoms with Gasteiger partial charge in [-0.3, -0.25) is 4.79 Å². The maximum absolute atomic E-state index is 11.8. The van der Waals surface area contributed by atoms with Crippen LogP contribution in [0.1, 0.15) is 30.9 Å². The van der Waals surface area contributed by atoms with Gasteiger partial charge in [-0.05, 0) is 29.7 Å². The van der Waals surface area contributed by atoms with E-state index in [-0.39, 0.29) is 12.5 Å². The molecule has 6 heteroatoms. The van der Waals surface area contributed by atoms with Crippen molar-refractivity contribution in [2.75, 3.05) is 6.61 Å². The van der Waals surface area contributed by atoms with Gasteiger partial charge in [-0.2, -0.15) is 5.10 Å². The summed E-state index contributed by atoms with van der Waals surface area (Å²) in [6, 6.07) is 12.7. The molecule has 2 aromatic rings. The highest BCUT2D eigenvalue weighted by Gasteiger charge is 2.08. The van der Waals surface area contributed by atoms with E-state index in [0.717, 1.165) is 5.56 Å². The number of hydrazone groups is 1. The number of nitrogens with one attached hydrogen (secondary N) is 1. The fourth-order valence-electron chi connectivity index (χ4n) is 2.04. The first-order chi connectivity index (χ1) is 11.5. The molecule has 0 bridgehead atoms. The molecule has 0 heterocycles. The minimum absolute atomic E-state index is 0.116. The number of carbonyl (C=O) groups is 1. The molecule has 1 amide bonds. The molecule has 0 unspecified atom stereocenters. The Morgan fingerprint density at radius 1 is 1.25 bits per heavy atom. The Hall–Kier alpha value is -2.04. The van der Waals surface area contributed by atoms with Gasteiger partial charge in [-0.25, -0.2) is 5.43 Å². The van der Waals surface area contributed by atoms with Gasteiger partial charge in [-0.15, -0.1) is 0 Å². The molecule has 0 atom stereocenters. The van der Waals surface area contributed by atoms with Gasteiger partial charge in [0.05, 0.1) is 11.2 Å². The number of carbonyl (C=O) groups excluding carboxylic acids is 1. The van der Waals surface area contributed by atoms with Crippen LogP contribution < -0.4 is 10.2 Å². The number of hydrogen-bond donors (Lipinski definition) is 1. The number of ether oxygens (including phenoxy) is 1. The monoisotopic (exact) mass is 364 g/mol. The van der Waals surface area contributed by atoms with Crippen molar-refractivity contribution in [3.63, 3.8) is 0 Å². The smallest absolute Gasteiger partial charge is 0.277 e. The summed E-state index contributed by atoms with van der Waals surface area (Å²) in [4.78, 5) is 11.8. The van der Waals surface area contributed by atoms with E-state index in [1.807, 2.05) is 24.3 Å². The van der Waals surface area contributed by atoms with Crippen LogP contribution in [0.4, 0.5) is 0 Å². The zero-order valence-corrected chi connectivity index (χ0v) is 14.9. The maximum Gasteiger partial charge on any atom is 0.277 e. The van der Waals surface area contributed by atoms with Crippen LogP contribution in [0.3, 0.4) is 0 Å². The molecule has 1 N–H and O–H groups in total. The maximum atomic E-state index is 11.8. The minimum Gasteiger partial charge on any atom is -0.483 e. The first-order valence-electron chi connectivity index (χ1n) is 7.46. The highest BCUT2D eigenvalue weighted by Crippen LogP contribution is 2.25. The standard InChI is InChI=1S/C18H18Cl2N2O2/c1-12(2)15-5-3-4-6-17(15)24-11-18(23)22-21-10-13-7-8-14(19)9-16(13)20/h3-10,12H,11H2,1-2H3,(H,22,23)/b21-10+. The summed E-state index contributed by atoms with van der Waals surface area (Å²) in [6.07, 6.45) is 1.46. The fourth-order valence-corrected chi connectivity index (χ4v) is 2.50. The van der Waals surface area contributed by atoms with E-state index in [4.69, 9.17) is 27.9 Å². The molecule has 0 fully saturated rings. The molecular formula is C18H18Cl2N2O2. The quantitative estimate of drug-likeness (QED) is 0.599. The Bertz CT molecular complexity index is 746. The summed E-state index contributed by atoms with van der Waals surface area (Å²) in [6.45, 7) is 4.03. The van der Waals surface area contributed by atoms with E-state index in [2.05, 4.69) is 24.4 Å². The van der Waals surface area contributed by atoms with Crippen LogP contribution in [-0.4, -0.2) is 18.7 Å². The van der Waals surface area contributed by atoms with Gasteiger partial charge in [0, 0.05) is 10.6 Å². The molecule has 2 rings (SSSR count). The molecular weight excluding hydrogens is 347 g/mol. The normalized spacial score (nSPS) is 11.0. The lowest BCUT2D eigenvalue weighted by Gasteiger charge is -2.13. The molecule has 0 saturated carbocycles.